The maximum absolute atomic E-state index is 11.2. The second-order valence-corrected chi connectivity index (χ2v) is 4.81. The Labute approximate surface area is 102 Å². The van der Waals surface area contributed by atoms with Crippen molar-refractivity contribution in [3.63, 3.8) is 0 Å². The quantitative estimate of drug-likeness (QED) is 0.678. The normalized spacial score (nSPS) is 14.9. The zero-order valence-electron chi connectivity index (χ0n) is 11.0. The number of rotatable bonds is 8. The van der Waals surface area contributed by atoms with Gasteiger partial charge in [0.15, 0.2) is 0 Å². The molecule has 0 saturated heterocycles. The summed E-state index contributed by atoms with van der Waals surface area (Å²) in [6, 6.07) is -0.596. The molecular weight excluding hydrogens is 222 g/mol. The van der Waals surface area contributed by atoms with Crippen LogP contribution in [0.1, 0.15) is 34.1 Å². The molecule has 0 aromatic carbocycles. The van der Waals surface area contributed by atoms with Crippen LogP contribution in [0.3, 0.4) is 0 Å². The van der Waals surface area contributed by atoms with Gasteiger partial charge >= 0.3 is 11.9 Å². The summed E-state index contributed by atoms with van der Waals surface area (Å²) in [6.45, 7) is 8.19. The molecule has 0 radical (unpaired) electrons. The Kier molecular flexibility index (Phi) is 6.80. The first-order valence-corrected chi connectivity index (χ1v) is 5.99. The molecule has 0 aromatic rings. The van der Waals surface area contributed by atoms with Crippen LogP contribution in [0.4, 0.5) is 0 Å². The maximum Gasteiger partial charge on any atom is 0.320 e. The molecule has 0 amide bonds. The van der Waals surface area contributed by atoms with Gasteiger partial charge in [-0.1, -0.05) is 27.7 Å². The van der Waals surface area contributed by atoms with Gasteiger partial charge in [-0.3, -0.25) is 14.5 Å². The lowest BCUT2D eigenvalue weighted by Crippen LogP contribution is -2.45. The molecule has 0 bridgehead atoms. The molecule has 17 heavy (non-hydrogen) atoms. The molecular formula is C12H23NO4. The summed E-state index contributed by atoms with van der Waals surface area (Å²) in [6.07, 6.45) is 0.537. The van der Waals surface area contributed by atoms with Crippen molar-refractivity contribution in [2.24, 2.45) is 11.8 Å². The van der Waals surface area contributed by atoms with Gasteiger partial charge in [0.1, 0.15) is 6.04 Å². The van der Waals surface area contributed by atoms with E-state index in [1.165, 1.54) is 0 Å². The summed E-state index contributed by atoms with van der Waals surface area (Å²) in [4.78, 5) is 23.7. The topological polar surface area (TPSA) is 77.8 Å². The Bertz CT molecular complexity index is 265. The minimum Gasteiger partial charge on any atom is -0.481 e. The fourth-order valence-corrected chi connectivity index (χ4v) is 1.76. The molecule has 2 unspecified atom stereocenters. The molecule has 0 rings (SSSR count). The van der Waals surface area contributed by atoms with Gasteiger partial charge in [-0.25, -0.2) is 0 Å². The maximum atomic E-state index is 11.2. The van der Waals surface area contributed by atoms with Crippen molar-refractivity contribution in [2.45, 2.75) is 40.2 Å². The van der Waals surface area contributed by atoms with Crippen LogP contribution >= 0.6 is 0 Å². The summed E-state index contributed by atoms with van der Waals surface area (Å²) in [5.41, 5.74) is 0. The first kappa shape index (κ1) is 15.9. The van der Waals surface area contributed by atoms with E-state index in [1.807, 2.05) is 20.8 Å². The highest BCUT2D eigenvalue weighted by atomic mass is 16.4. The predicted molar refractivity (Wildman–Crippen MR) is 64.9 cm³/mol. The van der Waals surface area contributed by atoms with Crippen molar-refractivity contribution >= 4 is 11.9 Å². The number of nitrogens with zero attached hydrogens (tertiary/aromatic N) is 1. The summed E-state index contributed by atoms with van der Waals surface area (Å²) < 4.78 is 0. The summed E-state index contributed by atoms with van der Waals surface area (Å²) >= 11 is 0. The van der Waals surface area contributed by atoms with Crippen molar-refractivity contribution in [1.29, 1.82) is 0 Å². The molecule has 0 saturated carbocycles. The van der Waals surface area contributed by atoms with Gasteiger partial charge in [0.2, 0.25) is 0 Å². The van der Waals surface area contributed by atoms with Crippen molar-refractivity contribution in [1.82, 2.24) is 4.90 Å². The highest BCUT2D eigenvalue weighted by Crippen LogP contribution is 2.14. The monoisotopic (exact) mass is 245 g/mol. The van der Waals surface area contributed by atoms with Crippen LogP contribution in [0.15, 0.2) is 0 Å². The average Bonchev–Trinajstić information content (AvgIpc) is 2.21. The molecule has 0 aliphatic carbocycles. The number of hydrogen-bond acceptors (Lipinski definition) is 3. The highest BCUT2D eigenvalue weighted by molar-refractivity contribution is 5.74. The number of likely N-dealkylation sites (N-methyl/N-ethyl adjacent to an activating group) is 1. The summed E-state index contributed by atoms with van der Waals surface area (Å²) in [7, 11) is 0. The van der Waals surface area contributed by atoms with Gasteiger partial charge in [0.05, 0.1) is 5.92 Å². The lowest BCUT2D eigenvalue weighted by molar-refractivity contribution is -0.147. The van der Waals surface area contributed by atoms with Crippen molar-refractivity contribution in [2.75, 3.05) is 13.1 Å². The van der Waals surface area contributed by atoms with Crippen LogP contribution in [0.5, 0.6) is 0 Å². The van der Waals surface area contributed by atoms with Gasteiger partial charge in [0.25, 0.3) is 0 Å². The second kappa shape index (κ2) is 7.27. The molecule has 0 aliphatic heterocycles. The summed E-state index contributed by atoms with van der Waals surface area (Å²) in [5, 5.41) is 18.0. The Morgan fingerprint density at radius 2 is 1.65 bits per heavy atom. The second-order valence-electron chi connectivity index (χ2n) is 4.81. The lowest BCUT2D eigenvalue weighted by Gasteiger charge is -2.30. The molecule has 100 valence electrons. The van der Waals surface area contributed by atoms with Crippen molar-refractivity contribution < 1.29 is 19.8 Å². The molecule has 0 spiro atoms. The van der Waals surface area contributed by atoms with Crippen LogP contribution in [-0.4, -0.2) is 46.2 Å². The van der Waals surface area contributed by atoms with Crippen molar-refractivity contribution in [3.05, 3.63) is 0 Å². The SMILES string of the molecule is CCN(CC(C)C(=O)O)C(CC(C)C)C(=O)O. The van der Waals surface area contributed by atoms with Crippen molar-refractivity contribution in [3.8, 4) is 0 Å². The molecule has 0 aromatic heterocycles. The van der Waals surface area contributed by atoms with E-state index in [1.54, 1.807) is 11.8 Å². The predicted octanol–water partition coefficient (Wildman–Crippen LogP) is 1.53. The average molecular weight is 245 g/mol. The van der Waals surface area contributed by atoms with Gasteiger partial charge in [-0.05, 0) is 18.9 Å². The third-order valence-corrected chi connectivity index (χ3v) is 2.76. The van der Waals surface area contributed by atoms with Crippen LogP contribution in [-0.2, 0) is 9.59 Å². The fourth-order valence-electron chi connectivity index (χ4n) is 1.76. The third-order valence-electron chi connectivity index (χ3n) is 2.76. The van der Waals surface area contributed by atoms with E-state index in [9.17, 15) is 14.7 Å². The molecule has 0 fully saturated rings. The molecule has 2 N–H and O–H groups in total. The number of carboxylic acids is 2. The molecule has 5 nitrogen and oxygen atoms in total. The lowest BCUT2D eigenvalue weighted by atomic mass is 10.0. The van der Waals surface area contributed by atoms with E-state index in [0.717, 1.165) is 0 Å². The smallest absolute Gasteiger partial charge is 0.320 e. The Hall–Kier alpha value is -1.10. The van der Waals surface area contributed by atoms with Crippen LogP contribution in [0, 0.1) is 11.8 Å². The highest BCUT2D eigenvalue weighted by Gasteiger charge is 2.27. The Morgan fingerprint density at radius 3 is 1.94 bits per heavy atom. The molecule has 0 heterocycles. The Morgan fingerprint density at radius 1 is 1.12 bits per heavy atom. The van der Waals surface area contributed by atoms with E-state index in [4.69, 9.17) is 5.11 Å². The molecule has 2 atom stereocenters. The van der Waals surface area contributed by atoms with Gasteiger partial charge < -0.3 is 10.2 Å². The standard InChI is InChI=1S/C12H23NO4/c1-5-13(7-9(4)11(14)15)10(12(16)17)6-8(2)3/h8-10H,5-7H2,1-4H3,(H,14,15)(H,16,17). The van der Waals surface area contributed by atoms with E-state index in [2.05, 4.69) is 0 Å². The summed E-state index contributed by atoms with van der Waals surface area (Å²) in [5.74, 6) is -2.05. The van der Waals surface area contributed by atoms with Crippen LogP contribution in [0.2, 0.25) is 0 Å². The number of hydrogen-bond donors (Lipinski definition) is 2. The Balaban J connectivity index is 4.66. The molecule has 0 aliphatic rings. The zero-order valence-corrected chi connectivity index (χ0v) is 11.0. The van der Waals surface area contributed by atoms with E-state index in [0.29, 0.717) is 13.0 Å². The zero-order chi connectivity index (χ0) is 13.6. The van der Waals surface area contributed by atoms with E-state index >= 15 is 0 Å². The van der Waals surface area contributed by atoms with Gasteiger partial charge in [0, 0.05) is 6.54 Å². The minimum atomic E-state index is -0.892. The number of aliphatic carboxylic acids is 2. The van der Waals surface area contributed by atoms with E-state index < -0.39 is 23.9 Å². The fraction of sp³-hybridized carbons (Fsp3) is 0.833. The number of carboxylic acid groups (broad SMARTS) is 2. The van der Waals surface area contributed by atoms with Crippen LogP contribution < -0.4 is 0 Å². The van der Waals surface area contributed by atoms with E-state index in [-0.39, 0.29) is 12.5 Å². The first-order valence-electron chi connectivity index (χ1n) is 5.99. The molecule has 5 heteroatoms. The first-order chi connectivity index (χ1) is 7.79. The third kappa shape index (κ3) is 5.68. The largest absolute Gasteiger partial charge is 0.481 e. The number of carbonyl (C=O) groups is 2. The van der Waals surface area contributed by atoms with Gasteiger partial charge in [-0.2, -0.15) is 0 Å². The van der Waals surface area contributed by atoms with Gasteiger partial charge in [-0.15, -0.1) is 0 Å². The van der Waals surface area contributed by atoms with Crippen LogP contribution in [0.25, 0.3) is 0 Å². The minimum absolute atomic E-state index is 0.269.